The van der Waals surface area contributed by atoms with Gasteiger partial charge in [-0.25, -0.2) is 8.78 Å². The van der Waals surface area contributed by atoms with E-state index >= 15 is 0 Å². The third kappa shape index (κ3) is 2.20. The van der Waals surface area contributed by atoms with E-state index in [1.54, 1.807) is 31.4 Å². The smallest absolute Gasteiger partial charge is 0.181 e. The lowest BCUT2D eigenvalue weighted by Crippen LogP contribution is -1.95. The van der Waals surface area contributed by atoms with Gasteiger partial charge in [-0.05, 0) is 35.4 Å². The number of halogens is 2. The van der Waals surface area contributed by atoms with Crippen LogP contribution in [-0.2, 0) is 0 Å². The van der Waals surface area contributed by atoms with E-state index < -0.39 is 11.6 Å². The maximum Gasteiger partial charge on any atom is 0.181 e. The Labute approximate surface area is 97.6 Å². The molecule has 0 atom stereocenters. The topological polar surface area (TPSA) is 35.2 Å². The summed E-state index contributed by atoms with van der Waals surface area (Å²) in [5, 5.41) is 0. The molecule has 4 heteroatoms. The molecule has 17 heavy (non-hydrogen) atoms. The van der Waals surface area contributed by atoms with Gasteiger partial charge in [-0.3, -0.25) is 0 Å². The molecule has 2 nitrogen and oxygen atoms in total. The minimum Gasteiger partial charge on any atom is -0.497 e. The number of hydrogen-bond acceptors (Lipinski definition) is 2. The summed E-state index contributed by atoms with van der Waals surface area (Å²) >= 11 is 0. The predicted molar refractivity (Wildman–Crippen MR) is 62.8 cm³/mol. The van der Waals surface area contributed by atoms with Crippen LogP contribution in [-0.4, -0.2) is 7.11 Å². The van der Waals surface area contributed by atoms with Gasteiger partial charge in [0.1, 0.15) is 5.75 Å². The van der Waals surface area contributed by atoms with Crippen molar-refractivity contribution in [2.45, 2.75) is 0 Å². The molecule has 0 saturated carbocycles. The molecule has 2 N–H and O–H groups in total. The summed E-state index contributed by atoms with van der Waals surface area (Å²) in [6.45, 7) is 0. The summed E-state index contributed by atoms with van der Waals surface area (Å²) in [4.78, 5) is 0. The quantitative estimate of drug-likeness (QED) is 0.811. The molecule has 0 spiro atoms. The summed E-state index contributed by atoms with van der Waals surface area (Å²) in [6.07, 6.45) is 0. The van der Waals surface area contributed by atoms with Gasteiger partial charge >= 0.3 is 0 Å². The lowest BCUT2D eigenvalue weighted by atomic mass is 10.0. The summed E-state index contributed by atoms with van der Waals surface area (Å²) in [6, 6.07) is 9.55. The van der Waals surface area contributed by atoms with Crippen LogP contribution in [0.5, 0.6) is 5.75 Å². The van der Waals surface area contributed by atoms with E-state index in [4.69, 9.17) is 10.5 Å². The average Bonchev–Trinajstić information content (AvgIpc) is 2.35. The molecule has 0 radical (unpaired) electrons. The third-order valence-corrected chi connectivity index (χ3v) is 2.46. The zero-order valence-electron chi connectivity index (χ0n) is 9.21. The Morgan fingerprint density at radius 3 is 2.47 bits per heavy atom. The number of methoxy groups -OCH3 is 1. The monoisotopic (exact) mass is 235 g/mol. The highest BCUT2D eigenvalue weighted by molar-refractivity contribution is 5.69. The molecule has 0 aliphatic rings. The second-order valence-corrected chi connectivity index (χ2v) is 3.59. The van der Waals surface area contributed by atoms with Crippen LogP contribution in [0.2, 0.25) is 0 Å². The van der Waals surface area contributed by atoms with Crippen LogP contribution in [0.3, 0.4) is 0 Å². The molecule has 0 saturated heterocycles. The molecular weight excluding hydrogens is 224 g/mol. The van der Waals surface area contributed by atoms with Crippen molar-refractivity contribution in [3.8, 4) is 16.9 Å². The molecule has 2 rings (SSSR count). The van der Waals surface area contributed by atoms with Gasteiger partial charge in [-0.1, -0.05) is 12.1 Å². The Bertz CT molecular complexity index is 532. The van der Waals surface area contributed by atoms with Gasteiger partial charge in [0, 0.05) is 0 Å². The molecule has 2 aromatic rings. The van der Waals surface area contributed by atoms with Gasteiger partial charge in [0.2, 0.25) is 0 Å². The fourth-order valence-electron chi connectivity index (χ4n) is 1.58. The van der Waals surface area contributed by atoms with Crippen LogP contribution >= 0.6 is 0 Å². The summed E-state index contributed by atoms with van der Waals surface area (Å²) in [7, 11) is 1.54. The zero-order valence-corrected chi connectivity index (χ0v) is 9.21. The Balaban J connectivity index is 2.52. The first kappa shape index (κ1) is 11.4. The second kappa shape index (κ2) is 4.41. The van der Waals surface area contributed by atoms with Crippen LogP contribution in [0.4, 0.5) is 14.5 Å². The van der Waals surface area contributed by atoms with Crippen LogP contribution in [0.1, 0.15) is 0 Å². The van der Waals surface area contributed by atoms with Crippen molar-refractivity contribution in [2.75, 3.05) is 12.8 Å². The third-order valence-electron chi connectivity index (χ3n) is 2.46. The molecule has 0 aromatic heterocycles. The number of ether oxygens (including phenoxy) is 1. The Morgan fingerprint density at radius 2 is 1.82 bits per heavy atom. The zero-order chi connectivity index (χ0) is 12.4. The highest BCUT2D eigenvalue weighted by Gasteiger charge is 2.09. The van der Waals surface area contributed by atoms with Gasteiger partial charge < -0.3 is 10.5 Å². The van der Waals surface area contributed by atoms with Gasteiger partial charge in [-0.15, -0.1) is 0 Å². The molecule has 0 heterocycles. The first-order chi connectivity index (χ1) is 8.11. The number of benzene rings is 2. The number of rotatable bonds is 2. The van der Waals surface area contributed by atoms with E-state index in [1.165, 1.54) is 6.07 Å². The number of nitrogens with two attached hydrogens (primary N) is 1. The summed E-state index contributed by atoms with van der Waals surface area (Å²) in [5.74, 6) is -1.33. The Morgan fingerprint density at radius 1 is 1.06 bits per heavy atom. The van der Waals surface area contributed by atoms with Crippen LogP contribution < -0.4 is 10.5 Å². The highest BCUT2D eigenvalue weighted by atomic mass is 19.2. The highest BCUT2D eigenvalue weighted by Crippen LogP contribution is 2.27. The van der Waals surface area contributed by atoms with Crippen molar-refractivity contribution < 1.29 is 13.5 Å². The minimum atomic E-state index is -1.02. The van der Waals surface area contributed by atoms with E-state index in [0.29, 0.717) is 11.3 Å². The van der Waals surface area contributed by atoms with E-state index in [1.807, 2.05) is 0 Å². The summed E-state index contributed by atoms with van der Waals surface area (Å²) in [5.41, 5.74) is 6.41. The maximum atomic E-state index is 13.2. The van der Waals surface area contributed by atoms with E-state index in [0.717, 1.165) is 11.6 Å². The predicted octanol–water partition coefficient (Wildman–Crippen LogP) is 3.22. The fraction of sp³-hybridized carbons (Fsp3) is 0.0769. The Hall–Kier alpha value is -2.10. The molecule has 0 bridgehead atoms. The lowest BCUT2D eigenvalue weighted by molar-refractivity contribution is 0.415. The fourth-order valence-corrected chi connectivity index (χ4v) is 1.58. The largest absolute Gasteiger partial charge is 0.497 e. The molecule has 0 fully saturated rings. The molecule has 0 aliphatic heterocycles. The van der Waals surface area contributed by atoms with Gasteiger partial charge in [0.05, 0.1) is 12.8 Å². The van der Waals surface area contributed by atoms with Crippen molar-refractivity contribution in [2.24, 2.45) is 0 Å². The van der Waals surface area contributed by atoms with Crippen molar-refractivity contribution in [3.63, 3.8) is 0 Å². The standard InChI is InChI=1S/C13H11F2NO/c1-17-10-4-2-3-8(5-10)9-6-11(14)13(15)12(16)7-9/h2-7H,16H2,1H3. The molecule has 88 valence electrons. The van der Waals surface area contributed by atoms with Crippen molar-refractivity contribution in [3.05, 3.63) is 48.0 Å². The Kier molecular flexibility index (Phi) is 2.95. The lowest BCUT2D eigenvalue weighted by Gasteiger charge is -2.07. The van der Waals surface area contributed by atoms with E-state index in [2.05, 4.69) is 0 Å². The first-order valence-corrected chi connectivity index (χ1v) is 5.01. The molecule has 0 amide bonds. The van der Waals surface area contributed by atoms with Crippen molar-refractivity contribution in [1.82, 2.24) is 0 Å². The first-order valence-electron chi connectivity index (χ1n) is 5.01. The molecular formula is C13H11F2NO. The van der Waals surface area contributed by atoms with Gasteiger partial charge in [-0.2, -0.15) is 0 Å². The van der Waals surface area contributed by atoms with Gasteiger partial charge in [0.15, 0.2) is 11.6 Å². The van der Waals surface area contributed by atoms with Gasteiger partial charge in [0.25, 0.3) is 0 Å². The second-order valence-electron chi connectivity index (χ2n) is 3.59. The summed E-state index contributed by atoms with van der Waals surface area (Å²) < 4.78 is 31.3. The van der Waals surface area contributed by atoms with Crippen LogP contribution in [0, 0.1) is 11.6 Å². The van der Waals surface area contributed by atoms with Crippen LogP contribution in [0.25, 0.3) is 11.1 Å². The molecule has 0 unspecified atom stereocenters. The molecule has 2 aromatic carbocycles. The molecule has 0 aliphatic carbocycles. The SMILES string of the molecule is COc1cccc(-c2cc(N)c(F)c(F)c2)c1. The average molecular weight is 235 g/mol. The number of anilines is 1. The number of nitrogen functional groups attached to an aromatic ring is 1. The van der Waals surface area contributed by atoms with Crippen molar-refractivity contribution in [1.29, 1.82) is 0 Å². The maximum absolute atomic E-state index is 13.2. The van der Waals surface area contributed by atoms with E-state index in [9.17, 15) is 8.78 Å². The number of hydrogen-bond donors (Lipinski definition) is 1. The normalized spacial score (nSPS) is 10.3. The van der Waals surface area contributed by atoms with E-state index in [-0.39, 0.29) is 5.69 Å². The minimum absolute atomic E-state index is 0.206. The van der Waals surface area contributed by atoms with Crippen LogP contribution in [0.15, 0.2) is 36.4 Å². The van der Waals surface area contributed by atoms with Crippen molar-refractivity contribution >= 4 is 5.69 Å².